The SMILES string of the molecule is CCCOC(=O)Cn1nc(OC)n2cc(C)cc2c1=O. The van der Waals surface area contributed by atoms with Gasteiger partial charge in [-0.25, -0.2) is 4.68 Å². The smallest absolute Gasteiger partial charge is 0.327 e. The van der Waals surface area contributed by atoms with Crippen molar-refractivity contribution in [1.82, 2.24) is 14.2 Å². The highest BCUT2D eigenvalue weighted by atomic mass is 16.5. The lowest BCUT2D eigenvalue weighted by Crippen LogP contribution is -2.29. The third-order valence-corrected chi connectivity index (χ3v) is 2.75. The van der Waals surface area contributed by atoms with Crippen LogP contribution in [0.2, 0.25) is 0 Å². The zero-order valence-corrected chi connectivity index (χ0v) is 11.8. The molecule has 0 aliphatic heterocycles. The van der Waals surface area contributed by atoms with Gasteiger partial charge in [0.2, 0.25) is 0 Å². The Balaban J connectivity index is 2.41. The minimum atomic E-state index is -0.490. The van der Waals surface area contributed by atoms with Crippen LogP contribution in [0.4, 0.5) is 0 Å². The van der Waals surface area contributed by atoms with Crippen molar-refractivity contribution in [3.8, 4) is 6.01 Å². The van der Waals surface area contributed by atoms with Crippen LogP contribution in [0.1, 0.15) is 18.9 Å². The second kappa shape index (κ2) is 5.77. The van der Waals surface area contributed by atoms with Gasteiger partial charge in [0.25, 0.3) is 5.56 Å². The summed E-state index contributed by atoms with van der Waals surface area (Å²) in [6, 6.07) is 1.97. The van der Waals surface area contributed by atoms with Crippen LogP contribution < -0.4 is 10.3 Å². The second-order valence-corrected chi connectivity index (χ2v) is 4.44. The predicted molar refractivity (Wildman–Crippen MR) is 72.0 cm³/mol. The van der Waals surface area contributed by atoms with Crippen LogP contribution in [-0.4, -0.2) is 33.9 Å². The van der Waals surface area contributed by atoms with Crippen molar-refractivity contribution in [3.05, 3.63) is 28.2 Å². The Labute approximate surface area is 115 Å². The molecule has 7 nitrogen and oxygen atoms in total. The fraction of sp³-hybridized carbons (Fsp3) is 0.462. The molecule has 2 aromatic heterocycles. The first kappa shape index (κ1) is 14.1. The summed E-state index contributed by atoms with van der Waals surface area (Å²) in [6.07, 6.45) is 2.48. The van der Waals surface area contributed by atoms with Gasteiger partial charge in [-0.15, -0.1) is 5.10 Å². The van der Waals surface area contributed by atoms with Crippen molar-refractivity contribution in [3.63, 3.8) is 0 Å². The fourth-order valence-corrected chi connectivity index (χ4v) is 1.88. The van der Waals surface area contributed by atoms with Gasteiger partial charge >= 0.3 is 12.0 Å². The maximum atomic E-state index is 12.2. The average Bonchev–Trinajstić information content (AvgIpc) is 2.82. The number of methoxy groups -OCH3 is 1. The van der Waals surface area contributed by atoms with E-state index in [1.165, 1.54) is 7.11 Å². The maximum Gasteiger partial charge on any atom is 0.327 e. The Kier molecular flexibility index (Phi) is 4.07. The number of fused-ring (bicyclic) bond motifs is 1. The number of aromatic nitrogens is 3. The number of esters is 1. The lowest BCUT2D eigenvalue weighted by atomic mass is 10.4. The van der Waals surface area contributed by atoms with E-state index in [1.54, 1.807) is 16.7 Å². The molecule has 0 aromatic carbocycles. The quantitative estimate of drug-likeness (QED) is 0.756. The molecule has 108 valence electrons. The molecule has 7 heteroatoms. The standard InChI is InChI=1S/C13H17N3O4/c1-4-5-20-11(17)8-16-12(18)10-6-9(2)7-15(10)13(14-16)19-3/h6-7H,4-5,8H2,1-3H3. The van der Waals surface area contributed by atoms with Crippen LogP contribution in [-0.2, 0) is 16.1 Å². The van der Waals surface area contributed by atoms with Gasteiger partial charge in [-0.05, 0) is 25.0 Å². The number of carbonyl (C=O) groups excluding carboxylic acids is 1. The molecule has 0 fully saturated rings. The van der Waals surface area contributed by atoms with Gasteiger partial charge in [-0.3, -0.25) is 14.0 Å². The van der Waals surface area contributed by atoms with Gasteiger partial charge in [0, 0.05) is 6.20 Å². The maximum absolute atomic E-state index is 12.2. The molecule has 0 unspecified atom stereocenters. The Hall–Kier alpha value is -2.31. The van der Waals surface area contributed by atoms with Crippen molar-refractivity contribution >= 4 is 11.5 Å². The second-order valence-electron chi connectivity index (χ2n) is 4.44. The Morgan fingerprint density at radius 3 is 2.85 bits per heavy atom. The summed E-state index contributed by atoms with van der Waals surface area (Å²) in [6.45, 7) is 3.87. The van der Waals surface area contributed by atoms with Gasteiger partial charge in [0.15, 0.2) is 0 Å². The largest absolute Gasteiger partial charge is 0.467 e. The summed E-state index contributed by atoms with van der Waals surface area (Å²) in [5, 5.41) is 4.02. The Morgan fingerprint density at radius 2 is 2.20 bits per heavy atom. The Bertz CT molecular complexity index is 687. The number of ether oxygens (including phenoxy) is 2. The van der Waals surface area contributed by atoms with Crippen molar-refractivity contribution in [2.24, 2.45) is 0 Å². The van der Waals surface area contributed by atoms with Gasteiger partial charge < -0.3 is 9.47 Å². The summed E-state index contributed by atoms with van der Waals surface area (Å²) < 4.78 is 12.7. The molecule has 0 saturated heterocycles. The van der Waals surface area contributed by atoms with Crippen LogP contribution in [0, 0.1) is 6.92 Å². The van der Waals surface area contributed by atoms with Crippen LogP contribution in [0.25, 0.3) is 5.52 Å². The first-order chi connectivity index (χ1) is 9.56. The topological polar surface area (TPSA) is 74.8 Å². The van der Waals surface area contributed by atoms with Crippen LogP contribution in [0.3, 0.4) is 0 Å². The molecule has 0 bridgehead atoms. The van der Waals surface area contributed by atoms with E-state index < -0.39 is 5.97 Å². The van der Waals surface area contributed by atoms with Gasteiger partial charge in [-0.1, -0.05) is 6.92 Å². The van der Waals surface area contributed by atoms with Gasteiger partial charge in [0.1, 0.15) is 12.1 Å². The summed E-state index contributed by atoms with van der Waals surface area (Å²) in [7, 11) is 1.46. The van der Waals surface area contributed by atoms with E-state index in [0.717, 1.165) is 16.7 Å². The molecule has 0 aliphatic rings. The highest BCUT2D eigenvalue weighted by molar-refractivity contribution is 5.69. The first-order valence-corrected chi connectivity index (χ1v) is 6.36. The summed E-state index contributed by atoms with van der Waals surface area (Å²) >= 11 is 0. The Morgan fingerprint density at radius 1 is 1.45 bits per heavy atom. The van der Waals surface area contributed by atoms with E-state index >= 15 is 0 Å². The van der Waals surface area contributed by atoms with E-state index in [-0.39, 0.29) is 18.1 Å². The number of carbonyl (C=O) groups is 1. The zero-order chi connectivity index (χ0) is 14.7. The number of aryl methyl sites for hydroxylation is 1. The molecule has 0 amide bonds. The number of rotatable bonds is 5. The van der Waals surface area contributed by atoms with E-state index in [0.29, 0.717) is 12.1 Å². The van der Waals surface area contributed by atoms with Crippen molar-refractivity contribution in [1.29, 1.82) is 0 Å². The number of hydrogen-bond donors (Lipinski definition) is 0. The van der Waals surface area contributed by atoms with E-state index in [4.69, 9.17) is 9.47 Å². The van der Waals surface area contributed by atoms with Crippen LogP contribution in [0.15, 0.2) is 17.1 Å². The zero-order valence-electron chi connectivity index (χ0n) is 11.8. The third kappa shape index (κ3) is 2.66. The third-order valence-electron chi connectivity index (χ3n) is 2.75. The predicted octanol–water partition coefficient (Wildman–Crippen LogP) is 0.766. The molecule has 0 N–H and O–H groups in total. The molecular weight excluding hydrogens is 262 g/mol. The molecule has 20 heavy (non-hydrogen) atoms. The van der Waals surface area contributed by atoms with E-state index in [1.807, 2.05) is 13.8 Å². The van der Waals surface area contributed by atoms with Crippen LogP contribution >= 0.6 is 0 Å². The summed E-state index contributed by atoms with van der Waals surface area (Å²) in [5.41, 5.74) is 0.971. The van der Waals surface area contributed by atoms with Crippen molar-refractivity contribution < 1.29 is 14.3 Å². The van der Waals surface area contributed by atoms with E-state index in [9.17, 15) is 9.59 Å². The fourth-order valence-electron chi connectivity index (χ4n) is 1.88. The minimum Gasteiger partial charge on any atom is -0.467 e. The normalized spacial score (nSPS) is 10.8. The monoisotopic (exact) mass is 279 g/mol. The summed E-state index contributed by atoms with van der Waals surface area (Å²) in [5.74, 6) is -0.490. The number of nitrogens with zero attached hydrogens (tertiary/aromatic N) is 3. The first-order valence-electron chi connectivity index (χ1n) is 6.36. The molecule has 0 atom stereocenters. The number of hydrogen-bond acceptors (Lipinski definition) is 5. The molecule has 2 heterocycles. The van der Waals surface area contributed by atoms with Crippen LogP contribution in [0.5, 0.6) is 6.01 Å². The average molecular weight is 279 g/mol. The highest BCUT2D eigenvalue weighted by Crippen LogP contribution is 2.11. The van der Waals surface area contributed by atoms with Crippen molar-refractivity contribution in [2.75, 3.05) is 13.7 Å². The molecule has 0 radical (unpaired) electrons. The van der Waals surface area contributed by atoms with E-state index in [2.05, 4.69) is 5.10 Å². The van der Waals surface area contributed by atoms with Crippen molar-refractivity contribution in [2.45, 2.75) is 26.8 Å². The summed E-state index contributed by atoms with van der Waals surface area (Å²) in [4.78, 5) is 23.8. The molecule has 0 saturated carbocycles. The van der Waals surface area contributed by atoms with Gasteiger partial charge in [0.05, 0.1) is 13.7 Å². The molecule has 0 aliphatic carbocycles. The molecule has 0 spiro atoms. The highest BCUT2D eigenvalue weighted by Gasteiger charge is 2.14. The lowest BCUT2D eigenvalue weighted by molar-refractivity contribution is -0.144. The minimum absolute atomic E-state index is 0.226. The lowest BCUT2D eigenvalue weighted by Gasteiger charge is -2.08. The molecule has 2 rings (SSSR count). The van der Waals surface area contributed by atoms with Gasteiger partial charge in [-0.2, -0.15) is 0 Å². The molecule has 2 aromatic rings. The molecular formula is C13H17N3O4.